The van der Waals surface area contributed by atoms with Gasteiger partial charge in [-0.1, -0.05) is 31.5 Å². The number of aromatic nitrogens is 1. The van der Waals surface area contributed by atoms with Gasteiger partial charge in [-0.25, -0.2) is 4.79 Å². The van der Waals surface area contributed by atoms with E-state index in [9.17, 15) is 4.79 Å². The Morgan fingerprint density at radius 3 is 3.05 bits per heavy atom. The van der Waals surface area contributed by atoms with Crippen LogP contribution in [0.15, 0.2) is 24.3 Å². The van der Waals surface area contributed by atoms with Crippen LogP contribution < -0.4 is 5.32 Å². The number of hydrogen-bond donors (Lipinski definition) is 2. The van der Waals surface area contributed by atoms with Crippen molar-refractivity contribution in [2.75, 3.05) is 6.61 Å². The standard InChI is InChI=1S/C17H22N2O2/c1-3-4-9-21-17(20)15-10-13-12-7-5-6-8-14(12)19-16(13)11(2)18-15/h5-8,11,15,18-19H,3-4,9-10H2,1-2H3/p+1/t11-,15-/m0/s1. The van der Waals surface area contributed by atoms with E-state index in [1.807, 2.05) is 12.1 Å². The van der Waals surface area contributed by atoms with Crippen molar-refractivity contribution < 1.29 is 14.8 Å². The molecule has 0 saturated carbocycles. The lowest BCUT2D eigenvalue weighted by Crippen LogP contribution is -2.94. The lowest BCUT2D eigenvalue weighted by molar-refractivity contribution is -0.718. The van der Waals surface area contributed by atoms with Gasteiger partial charge >= 0.3 is 5.97 Å². The van der Waals surface area contributed by atoms with E-state index < -0.39 is 0 Å². The number of benzene rings is 1. The predicted octanol–water partition coefficient (Wildman–Crippen LogP) is 2.06. The zero-order chi connectivity index (χ0) is 14.8. The number of esters is 1. The maximum absolute atomic E-state index is 12.2. The van der Waals surface area contributed by atoms with Crippen molar-refractivity contribution in [3.8, 4) is 0 Å². The quantitative estimate of drug-likeness (QED) is 0.668. The Hall–Kier alpha value is -1.81. The maximum atomic E-state index is 12.2. The highest BCUT2D eigenvalue weighted by atomic mass is 16.5. The molecule has 2 heterocycles. The molecule has 0 saturated heterocycles. The van der Waals surface area contributed by atoms with E-state index in [2.05, 4.69) is 36.3 Å². The van der Waals surface area contributed by atoms with Crippen LogP contribution in [-0.4, -0.2) is 23.6 Å². The minimum Gasteiger partial charge on any atom is -0.461 e. The molecule has 1 aromatic carbocycles. The molecule has 112 valence electrons. The predicted molar refractivity (Wildman–Crippen MR) is 82.0 cm³/mol. The van der Waals surface area contributed by atoms with Crippen molar-refractivity contribution in [1.82, 2.24) is 4.98 Å². The number of carbonyl (C=O) groups is 1. The van der Waals surface area contributed by atoms with Crippen molar-refractivity contribution >= 4 is 16.9 Å². The summed E-state index contributed by atoms with van der Waals surface area (Å²) in [5.74, 6) is -0.0776. The number of carbonyl (C=O) groups excluding carboxylic acids is 1. The van der Waals surface area contributed by atoms with E-state index in [1.165, 1.54) is 16.6 Å². The van der Waals surface area contributed by atoms with Gasteiger partial charge < -0.3 is 15.0 Å². The van der Waals surface area contributed by atoms with Crippen LogP contribution in [0.5, 0.6) is 0 Å². The molecule has 0 spiro atoms. The van der Waals surface area contributed by atoms with Crippen LogP contribution in [0.3, 0.4) is 0 Å². The molecule has 4 heteroatoms. The monoisotopic (exact) mass is 287 g/mol. The zero-order valence-electron chi connectivity index (χ0n) is 12.7. The summed E-state index contributed by atoms with van der Waals surface area (Å²) in [7, 11) is 0. The van der Waals surface area contributed by atoms with Crippen LogP contribution in [0.4, 0.5) is 0 Å². The number of fused-ring (bicyclic) bond motifs is 3. The zero-order valence-corrected chi connectivity index (χ0v) is 12.7. The summed E-state index contributed by atoms with van der Waals surface area (Å²) < 4.78 is 5.39. The molecule has 0 radical (unpaired) electrons. The van der Waals surface area contributed by atoms with Crippen LogP contribution in [-0.2, 0) is 16.0 Å². The topological polar surface area (TPSA) is 58.7 Å². The van der Waals surface area contributed by atoms with E-state index in [1.54, 1.807) is 0 Å². The second kappa shape index (κ2) is 5.90. The molecule has 2 atom stereocenters. The van der Waals surface area contributed by atoms with Gasteiger partial charge in [0, 0.05) is 17.3 Å². The molecular formula is C17H23N2O2+. The van der Waals surface area contributed by atoms with Gasteiger partial charge in [-0.15, -0.1) is 0 Å². The number of unbranched alkanes of at least 4 members (excludes halogenated alkanes) is 1. The summed E-state index contributed by atoms with van der Waals surface area (Å²) in [6.45, 7) is 4.77. The molecule has 1 aromatic heterocycles. The Bertz CT molecular complexity index is 647. The molecule has 0 amide bonds. The molecular weight excluding hydrogens is 264 g/mol. The van der Waals surface area contributed by atoms with Crippen molar-refractivity contribution in [3.05, 3.63) is 35.5 Å². The number of nitrogens with one attached hydrogen (secondary N) is 1. The van der Waals surface area contributed by atoms with Gasteiger partial charge in [0.05, 0.1) is 12.3 Å². The fourth-order valence-electron chi connectivity index (χ4n) is 3.15. The smallest absolute Gasteiger partial charge is 0.365 e. The van der Waals surface area contributed by atoms with Crippen molar-refractivity contribution in [1.29, 1.82) is 0 Å². The van der Waals surface area contributed by atoms with E-state index in [4.69, 9.17) is 4.74 Å². The van der Waals surface area contributed by atoms with Crippen LogP contribution in [0.2, 0.25) is 0 Å². The van der Waals surface area contributed by atoms with Gasteiger partial charge in [0.25, 0.3) is 0 Å². The highest BCUT2D eigenvalue weighted by molar-refractivity contribution is 5.86. The average molecular weight is 287 g/mol. The second-order valence-electron chi connectivity index (χ2n) is 5.88. The molecule has 0 fully saturated rings. The van der Waals surface area contributed by atoms with Gasteiger partial charge in [0.15, 0.2) is 6.04 Å². The fourth-order valence-corrected chi connectivity index (χ4v) is 3.15. The molecule has 1 aliphatic rings. The van der Waals surface area contributed by atoms with Gasteiger partial charge in [-0.05, 0) is 25.0 Å². The summed E-state index contributed by atoms with van der Waals surface area (Å²) >= 11 is 0. The highest BCUT2D eigenvalue weighted by Gasteiger charge is 2.35. The minimum absolute atomic E-state index is 0.0776. The molecule has 0 bridgehead atoms. The lowest BCUT2D eigenvalue weighted by Gasteiger charge is -2.24. The third-order valence-corrected chi connectivity index (χ3v) is 4.29. The number of quaternary nitrogens is 1. The van der Waals surface area contributed by atoms with Crippen LogP contribution >= 0.6 is 0 Å². The summed E-state index contributed by atoms with van der Waals surface area (Å²) in [4.78, 5) is 15.7. The Balaban J connectivity index is 1.82. The van der Waals surface area contributed by atoms with E-state index >= 15 is 0 Å². The average Bonchev–Trinajstić information content (AvgIpc) is 2.87. The third kappa shape index (κ3) is 2.68. The second-order valence-corrected chi connectivity index (χ2v) is 5.88. The summed E-state index contributed by atoms with van der Waals surface area (Å²) in [6.07, 6.45) is 2.73. The largest absolute Gasteiger partial charge is 0.461 e. The first-order valence-corrected chi connectivity index (χ1v) is 7.81. The van der Waals surface area contributed by atoms with Gasteiger partial charge in [-0.2, -0.15) is 0 Å². The summed E-state index contributed by atoms with van der Waals surface area (Å²) in [5.41, 5.74) is 3.68. The molecule has 3 N–H and O–H groups in total. The van der Waals surface area contributed by atoms with Crippen LogP contribution in [0.1, 0.15) is 44.0 Å². The fraction of sp³-hybridized carbons (Fsp3) is 0.471. The van der Waals surface area contributed by atoms with Gasteiger partial charge in [0.2, 0.25) is 0 Å². The Kier molecular flexibility index (Phi) is 3.97. The maximum Gasteiger partial charge on any atom is 0.365 e. The minimum atomic E-state index is -0.122. The molecule has 2 aromatic rings. The number of H-pyrrole nitrogens is 1. The Labute approximate surface area is 124 Å². The van der Waals surface area contributed by atoms with E-state index in [-0.39, 0.29) is 18.1 Å². The molecule has 21 heavy (non-hydrogen) atoms. The number of rotatable bonds is 4. The molecule has 3 rings (SSSR count). The summed E-state index contributed by atoms with van der Waals surface area (Å²) in [6, 6.07) is 8.44. The Morgan fingerprint density at radius 2 is 2.24 bits per heavy atom. The Morgan fingerprint density at radius 1 is 1.43 bits per heavy atom. The van der Waals surface area contributed by atoms with Crippen LogP contribution in [0.25, 0.3) is 10.9 Å². The number of ether oxygens (including phenoxy) is 1. The first kappa shape index (κ1) is 14.1. The molecule has 0 unspecified atom stereocenters. The first-order valence-electron chi connectivity index (χ1n) is 7.81. The molecule has 4 nitrogen and oxygen atoms in total. The summed E-state index contributed by atoms with van der Waals surface area (Å²) in [5, 5.41) is 3.35. The third-order valence-electron chi connectivity index (χ3n) is 4.29. The SMILES string of the molecule is CCCCOC(=O)[C@@H]1Cc2c([nH]c3ccccc23)[C@H](C)[NH2+]1. The number of para-hydroxylation sites is 1. The lowest BCUT2D eigenvalue weighted by atomic mass is 9.94. The number of nitrogens with two attached hydrogens (primary N) is 1. The van der Waals surface area contributed by atoms with Crippen LogP contribution in [0, 0.1) is 0 Å². The first-order chi connectivity index (χ1) is 10.2. The van der Waals surface area contributed by atoms with Gasteiger partial charge in [-0.3, -0.25) is 0 Å². The molecule has 1 aliphatic heterocycles. The molecule has 0 aliphatic carbocycles. The number of hydrogen-bond acceptors (Lipinski definition) is 2. The van der Waals surface area contributed by atoms with Crippen molar-refractivity contribution in [2.45, 2.75) is 45.2 Å². The van der Waals surface area contributed by atoms with Crippen molar-refractivity contribution in [3.63, 3.8) is 0 Å². The highest BCUT2D eigenvalue weighted by Crippen LogP contribution is 2.28. The van der Waals surface area contributed by atoms with E-state index in [0.29, 0.717) is 6.61 Å². The normalized spacial score (nSPS) is 21.2. The number of aromatic amines is 1. The van der Waals surface area contributed by atoms with Crippen molar-refractivity contribution in [2.24, 2.45) is 0 Å². The van der Waals surface area contributed by atoms with E-state index in [0.717, 1.165) is 24.8 Å². The van der Waals surface area contributed by atoms with Gasteiger partial charge in [0.1, 0.15) is 6.04 Å².